The van der Waals surface area contributed by atoms with Crippen LogP contribution in [0.25, 0.3) is 11.6 Å². The maximum Gasteiger partial charge on any atom is 0.123 e. The van der Waals surface area contributed by atoms with Crippen molar-refractivity contribution in [3.8, 4) is 6.07 Å². The van der Waals surface area contributed by atoms with Gasteiger partial charge in [0.1, 0.15) is 5.82 Å². The first kappa shape index (κ1) is 12.1. The van der Waals surface area contributed by atoms with Gasteiger partial charge in [0.05, 0.1) is 11.6 Å². The van der Waals surface area contributed by atoms with Crippen molar-refractivity contribution in [3.63, 3.8) is 0 Å². The summed E-state index contributed by atoms with van der Waals surface area (Å²) in [4.78, 5) is 0. The zero-order chi connectivity index (χ0) is 13.1. The topological polar surface area (TPSA) is 28.7 Å². The predicted molar refractivity (Wildman–Crippen MR) is 70.0 cm³/mol. The van der Waals surface area contributed by atoms with Gasteiger partial charge in [-0.25, -0.2) is 4.39 Å². The molecule has 1 aromatic carbocycles. The van der Waals surface area contributed by atoms with Gasteiger partial charge in [-0.15, -0.1) is 0 Å². The smallest absolute Gasteiger partial charge is 0.123 e. The zero-order valence-corrected chi connectivity index (χ0v) is 10.3. The minimum absolute atomic E-state index is 0.300. The second-order valence-electron chi connectivity index (χ2n) is 4.14. The van der Waals surface area contributed by atoms with Crippen LogP contribution in [-0.4, -0.2) is 4.57 Å². The van der Waals surface area contributed by atoms with E-state index >= 15 is 0 Å². The van der Waals surface area contributed by atoms with Crippen LogP contribution in [0.4, 0.5) is 4.39 Å². The summed E-state index contributed by atoms with van der Waals surface area (Å²) in [6.07, 6.45) is 1.81. The number of aromatic nitrogens is 1. The summed E-state index contributed by atoms with van der Waals surface area (Å²) in [6.45, 7) is 2.00. The van der Waals surface area contributed by atoms with E-state index in [0.717, 1.165) is 17.0 Å². The van der Waals surface area contributed by atoms with E-state index in [-0.39, 0.29) is 5.82 Å². The number of hydrogen-bond donors (Lipinski definition) is 0. The summed E-state index contributed by atoms with van der Waals surface area (Å²) in [6, 6.07) is 12.0. The summed E-state index contributed by atoms with van der Waals surface area (Å²) in [5, 5.41) is 9.19. The van der Waals surface area contributed by atoms with Crippen LogP contribution >= 0.6 is 0 Å². The lowest BCUT2D eigenvalue weighted by atomic mass is 10.1. The fourth-order valence-corrected chi connectivity index (χ4v) is 1.74. The van der Waals surface area contributed by atoms with Gasteiger partial charge in [0.2, 0.25) is 0 Å². The number of nitrogens with zero attached hydrogens (tertiary/aromatic N) is 2. The summed E-state index contributed by atoms with van der Waals surface area (Å²) in [5.41, 5.74) is 3.32. The molecule has 2 nitrogen and oxygen atoms in total. The third-order valence-electron chi connectivity index (χ3n) is 2.98. The average molecular weight is 240 g/mol. The monoisotopic (exact) mass is 240 g/mol. The van der Waals surface area contributed by atoms with Gasteiger partial charge in [0.25, 0.3) is 0 Å². The van der Waals surface area contributed by atoms with Crippen LogP contribution < -0.4 is 0 Å². The Morgan fingerprint density at radius 2 is 1.89 bits per heavy atom. The number of benzene rings is 1. The van der Waals surface area contributed by atoms with Crippen LogP contribution in [0, 0.1) is 24.1 Å². The molecule has 1 heterocycles. The van der Waals surface area contributed by atoms with Gasteiger partial charge < -0.3 is 4.57 Å². The van der Waals surface area contributed by atoms with E-state index in [9.17, 15) is 9.65 Å². The Hall–Kier alpha value is -2.34. The van der Waals surface area contributed by atoms with E-state index in [1.165, 1.54) is 12.1 Å². The highest BCUT2D eigenvalue weighted by Crippen LogP contribution is 2.19. The van der Waals surface area contributed by atoms with Crippen LogP contribution in [0.15, 0.2) is 36.4 Å². The number of allylic oxidation sites excluding steroid dienone is 1. The number of hydrogen-bond acceptors (Lipinski definition) is 1. The lowest BCUT2D eigenvalue weighted by molar-refractivity contribution is 0.627. The molecule has 0 amide bonds. The van der Waals surface area contributed by atoms with Crippen molar-refractivity contribution in [2.45, 2.75) is 6.92 Å². The van der Waals surface area contributed by atoms with Crippen molar-refractivity contribution in [1.29, 1.82) is 5.26 Å². The molecule has 2 aromatic rings. The molecule has 0 atom stereocenters. The van der Waals surface area contributed by atoms with E-state index in [0.29, 0.717) is 5.57 Å². The first-order valence-corrected chi connectivity index (χ1v) is 5.62. The number of rotatable bonds is 2. The molecular weight excluding hydrogens is 227 g/mol. The van der Waals surface area contributed by atoms with Gasteiger partial charge in [-0.1, -0.05) is 12.1 Å². The molecule has 0 aliphatic carbocycles. The average Bonchev–Trinajstić information content (AvgIpc) is 2.69. The summed E-state index contributed by atoms with van der Waals surface area (Å²) >= 11 is 0. The van der Waals surface area contributed by atoms with Crippen LogP contribution in [0.3, 0.4) is 0 Å². The molecule has 0 unspecified atom stereocenters. The normalized spacial score (nSPS) is 11.3. The van der Waals surface area contributed by atoms with E-state index in [1.54, 1.807) is 18.2 Å². The van der Waals surface area contributed by atoms with Crippen LogP contribution in [0.5, 0.6) is 0 Å². The minimum Gasteiger partial charge on any atom is -0.348 e. The Morgan fingerprint density at radius 1 is 1.22 bits per heavy atom. The maximum absolute atomic E-state index is 12.8. The maximum atomic E-state index is 12.8. The molecule has 0 saturated carbocycles. The van der Waals surface area contributed by atoms with Crippen LogP contribution in [0.2, 0.25) is 0 Å². The third kappa shape index (κ3) is 2.33. The van der Waals surface area contributed by atoms with Crippen LogP contribution in [0.1, 0.15) is 17.0 Å². The molecule has 0 aliphatic heterocycles. The van der Waals surface area contributed by atoms with Gasteiger partial charge in [0, 0.05) is 18.4 Å². The first-order chi connectivity index (χ1) is 8.61. The van der Waals surface area contributed by atoms with E-state index < -0.39 is 0 Å². The Kier molecular flexibility index (Phi) is 3.29. The molecule has 0 spiro atoms. The highest BCUT2D eigenvalue weighted by molar-refractivity contribution is 5.89. The van der Waals surface area contributed by atoms with Crippen molar-refractivity contribution in [2.24, 2.45) is 7.05 Å². The molecule has 0 fully saturated rings. The number of nitriles is 1. The molecule has 18 heavy (non-hydrogen) atoms. The van der Waals surface area contributed by atoms with E-state index in [2.05, 4.69) is 6.07 Å². The van der Waals surface area contributed by atoms with Gasteiger partial charge in [0.15, 0.2) is 0 Å². The fraction of sp³-hybridized carbons (Fsp3) is 0.133. The predicted octanol–water partition coefficient (Wildman–Crippen LogP) is 3.54. The quantitative estimate of drug-likeness (QED) is 0.738. The molecule has 0 bridgehead atoms. The molecule has 3 heteroatoms. The highest BCUT2D eigenvalue weighted by Gasteiger charge is 2.04. The van der Waals surface area contributed by atoms with Gasteiger partial charge >= 0.3 is 0 Å². The number of aryl methyl sites for hydroxylation is 1. The Morgan fingerprint density at radius 3 is 2.39 bits per heavy atom. The molecule has 1 aromatic heterocycles. The molecule has 0 radical (unpaired) electrons. The Bertz CT molecular complexity index is 628. The molecule has 0 N–H and O–H groups in total. The highest BCUT2D eigenvalue weighted by atomic mass is 19.1. The van der Waals surface area contributed by atoms with Gasteiger partial charge in [-0.2, -0.15) is 5.26 Å². The number of halogens is 1. The fourth-order valence-electron chi connectivity index (χ4n) is 1.74. The van der Waals surface area contributed by atoms with Gasteiger partial charge in [-0.3, -0.25) is 0 Å². The lowest BCUT2D eigenvalue weighted by Gasteiger charge is -2.02. The third-order valence-corrected chi connectivity index (χ3v) is 2.98. The van der Waals surface area contributed by atoms with Crippen molar-refractivity contribution in [2.75, 3.05) is 0 Å². The first-order valence-electron chi connectivity index (χ1n) is 5.62. The standard InChI is InChI=1S/C15H13FN2/c1-11-3-8-15(18(11)2)9-13(10-17)12-4-6-14(16)7-5-12/h3-9H,1-2H3/b13-9-. The molecule has 0 aliphatic rings. The molecule has 2 rings (SSSR count). The van der Waals surface area contributed by atoms with Crippen molar-refractivity contribution in [3.05, 3.63) is 59.2 Å². The SMILES string of the molecule is Cc1ccc(/C=C(/C#N)c2ccc(F)cc2)n1C. The zero-order valence-electron chi connectivity index (χ0n) is 10.3. The van der Waals surface area contributed by atoms with E-state index in [1.807, 2.05) is 30.7 Å². The van der Waals surface area contributed by atoms with Crippen molar-refractivity contribution >= 4 is 11.6 Å². The molecule has 90 valence electrons. The van der Waals surface area contributed by atoms with Crippen molar-refractivity contribution < 1.29 is 4.39 Å². The second kappa shape index (κ2) is 4.89. The summed E-state index contributed by atoms with van der Waals surface area (Å²) in [7, 11) is 1.95. The van der Waals surface area contributed by atoms with E-state index in [4.69, 9.17) is 0 Å². The molecule has 0 saturated heterocycles. The minimum atomic E-state index is -0.300. The Labute approximate surface area is 106 Å². The second-order valence-corrected chi connectivity index (χ2v) is 4.14. The largest absolute Gasteiger partial charge is 0.348 e. The molecular formula is C15H13FN2. The Balaban J connectivity index is 2.43. The lowest BCUT2D eigenvalue weighted by Crippen LogP contribution is -1.93. The summed E-state index contributed by atoms with van der Waals surface area (Å²) in [5.74, 6) is -0.300. The van der Waals surface area contributed by atoms with Crippen molar-refractivity contribution in [1.82, 2.24) is 4.57 Å². The summed E-state index contributed by atoms with van der Waals surface area (Å²) < 4.78 is 14.8. The van der Waals surface area contributed by atoms with Crippen LogP contribution in [-0.2, 0) is 7.05 Å². The van der Waals surface area contributed by atoms with Gasteiger partial charge in [-0.05, 0) is 42.8 Å².